The number of nitro benzene ring substituents is 1. The SMILES string of the molecule is O=[N+]([O-])c1ccc(/C=C2\C=CC3(COCCO3)O2)cc1. The Labute approximate surface area is 115 Å². The maximum absolute atomic E-state index is 10.6. The van der Waals surface area contributed by atoms with Crippen LogP contribution in [-0.2, 0) is 14.2 Å². The van der Waals surface area contributed by atoms with Gasteiger partial charge in [0, 0.05) is 12.1 Å². The highest BCUT2D eigenvalue weighted by Crippen LogP contribution is 2.30. The smallest absolute Gasteiger partial charge is 0.269 e. The van der Waals surface area contributed by atoms with E-state index in [4.69, 9.17) is 14.2 Å². The van der Waals surface area contributed by atoms with E-state index in [2.05, 4.69) is 0 Å². The van der Waals surface area contributed by atoms with Crippen molar-refractivity contribution >= 4 is 11.8 Å². The molecule has 0 amide bonds. The molecule has 104 valence electrons. The molecule has 2 heterocycles. The number of rotatable bonds is 2. The minimum Gasteiger partial charge on any atom is -0.456 e. The number of nitro groups is 1. The minimum absolute atomic E-state index is 0.0653. The lowest BCUT2D eigenvalue weighted by Crippen LogP contribution is -2.41. The average Bonchev–Trinajstić information content (AvgIpc) is 2.83. The van der Waals surface area contributed by atoms with E-state index >= 15 is 0 Å². The van der Waals surface area contributed by atoms with Gasteiger partial charge in [0.1, 0.15) is 12.4 Å². The fourth-order valence-electron chi connectivity index (χ4n) is 2.10. The summed E-state index contributed by atoms with van der Waals surface area (Å²) in [7, 11) is 0. The van der Waals surface area contributed by atoms with E-state index in [9.17, 15) is 10.1 Å². The molecule has 2 aliphatic rings. The van der Waals surface area contributed by atoms with E-state index in [-0.39, 0.29) is 5.69 Å². The van der Waals surface area contributed by atoms with Crippen molar-refractivity contribution in [3.05, 3.63) is 57.9 Å². The van der Waals surface area contributed by atoms with Crippen LogP contribution < -0.4 is 0 Å². The van der Waals surface area contributed by atoms with E-state index in [1.807, 2.05) is 12.2 Å². The normalized spacial score (nSPS) is 26.9. The molecular formula is C14H13NO5. The summed E-state index contributed by atoms with van der Waals surface area (Å²) in [4.78, 5) is 10.2. The van der Waals surface area contributed by atoms with E-state index in [0.29, 0.717) is 25.6 Å². The molecule has 1 unspecified atom stereocenters. The van der Waals surface area contributed by atoms with E-state index < -0.39 is 10.7 Å². The summed E-state index contributed by atoms with van der Waals surface area (Å²) in [5.41, 5.74) is 0.888. The van der Waals surface area contributed by atoms with Crippen LogP contribution in [-0.4, -0.2) is 30.5 Å². The van der Waals surface area contributed by atoms with Crippen LogP contribution in [0.15, 0.2) is 42.2 Å². The van der Waals surface area contributed by atoms with Crippen LogP contribution in [0.5, 0.6) is 0 Å². The van der Waals surface area contributed by atoms with Gasteiger partial charge in [-0.25, -0.2) is 0 Å². The van der Waals surface area contributed by atoms with Gasteiger partial charge in [-0.3, -0.25) is 10.1 Å². The second-order valence-electron chi connectivity index (χ2n) is 4.54. The van der Waals surface area contributed by atoms with Crippen LogP contribution in [0.25, 0.3) is 6.08 Å². The highest BCUT2D eigenvalue weighted by atomic mass is 16.7. The van der Waals surface area contributed by atoms with Gasteiger partial charge in [-0.1, -0.05) is 0 Å². The Bertz CT molecular complexity index is 570. The maximum atomic E-state index is 10.6. The Morgan fingerprint density at radius 3 is 2.70 bits per heavy atom. The summed E-state index contributed by atoms with van der Waals surface area (Å²) in [6, 6.07) is 6.26. The zero-order chi connectivity index (χ0) is 14.0. The molecule has 1 aromatic rings. The molecule has 2 aliphatic heterocycles. The molecule has 20 heavy (non-hydrogen) atoms. The number of nitrogens with zero attached hydrogens (tertiary/aromatic N) is 1. The summed E-state index contributed by atoms with van der Waals surface area (Å²) in [6.07, 6.45) is 5.44. The molecule has 0 aromatic heterocycles. The first-order chi connectivity index (χ1) is 9.67. The first-order valence-electron chi connectivity index (χ1n) is 6.23. The number of benzene rings is 1. The van der Waals surface area contributed by atoms with Crippen LogP contribution in [0, 0.1) is 10.1 Å². The molecule has 0 saturated carbocycles. The largest absolute Gasteiger partial charge is 0.456 e. The average molecular weight is 275 g/mol. The highest BCUT2D eigenvalue weighted by Gasteiger charge is 2.37. The Balaban J connectivity index is 1.74. The molecule has 1 aromatic carbocycles. The summed E-state index contributed by atoms with van der Waals surface area (Å²) in [5, 5.41) is 10.6. The topological polar surface area (TPSA) is 70.8 Å². The van der Waals surface area contributed by atoms with Gasteiger partial charge in [-0.2, -0.15) is 0 Å². The molecule has 1 atom stereocenters. The summed E-state index contributed by atoms with van der Waals surface area (Å²) in [5.74, 6) is -0.172. The standard InChI is InChI=1S/C14H13NO5/c16-15(17)12-3-1-11(2-4-12)9-13-5-6-14(20-13)10-18-7-8-19-14/h1-6,9H,7-8,10H2/b13-9+. The van der Waals surface area contributed by atoms with Gasteiger partial charge in [-0.15, -0.1) is 0 Å². The van der Waals surface area contributed by atoms with Crippen LogP contribution in [0.2, 0.25) is 0 Å². The number of hydrogen-bond acceptors (Lipinski definition) is 5. The molecule has 6 nitrogen and oxygen atoms in total. The molecule has 0 bridgehead atoms. The predicted molar refractivity (Wildman–Crippen MR) is 70.8 cm³/mol. The Morgan fingerprint density at radius 2 is 2.05 bits per heavy atom. The Hall–Kier alpha value is -2.18. The summed E-state index contributed by atoms with van der Waals surface area (Å²) in [6.45, 7) is 1.43. The molecular weight excluding hydrogens is 262 g/mol. The quantitative estimate of drug-likeness (QED) is 0.611. The van der Waals surface area contributed by atoms with Crippen LogP contribution in [0.4, 0.5) is 5.69 Å². The summed E-state index contributed by atoms with van der Waals surface area (Å²) >= 11 is 0. The van der Waals surface area contributed by atoms with Crippen LogP contribution in [0.1, 0.15) is 5.56 Å². The first kappa shape index (κ1) is 12.8. The van der Waals surface area contributed by atoms with Gasteiger partial charge < -0.3 is 14.2 Å². The molecule has 1 saturated heterocycles. The molecule has 1 fully saturated rings. The molecule has 0 radical (unpaired) electrons. The lowest BCUT2D eigenvalue weighted by atomic mass is 10.2. The van der Waals surface area contributed by atoms with Crippen molar-refractivity contribution in [3.8, 4) is 0 Å². The lowest BCUT2D eigenvalue weighted by molar-refractivity contribution is -0.384. The first-order valence-corrected chi connectivity index (χ1v) is 6.23. The van der Waals surface area contributed by atoms with Gasteiger partial charge in [0.15, 0.2) is 0 Å². The fourth-order valence-corrected chi connectivity index (χ4v) is 2.10. The summed E-state index contributed by atoms with van der Waals surface area (Å²) < 4.78 is 16.7. The molecule has 0 aliphatic carbocycles. The number of hydrogen-bond donors (Lipinski definition) is 0. The minimum atomic E-state index is -0.815. The van der Waals surface area contributed by atoms with Gasteiger partial charge in [0.2, 0.25) is 0 Å². The van der Waals surface area contributed by atoms with Crippen molar-refractivity contribution in [3.63, 3.8) is 0 Å². The third-order valence-corrected chi connectivity index (χ3v) is 3.08. The van der Waals surface area contributed by atoms with Crippen molar-refractivity contribution in [1.29, 1.82) is 0 Å². The van der Waals surface area contributed by atoms with Crippen molar-refractivity contribution in [2.45, 2.75) is 5.79 Å². The highest BCUT2D eigenvalue weighted by molar-refractivity contribution is 5.56. The monoisotopic (exact) mass is 275 g/mol. The fraction of sp³-hybridized carbons (Fsp3) is 0.286. The van der Waals surface area contributed by atoms with Crippen molar-refractivity contribution in [2.75, 3.05) is 19.8 Å². The molecule has 0 N–H and O–H groups in total. The molecule has 1 spiro atoms. The van der Waals surface area contributed by atoms with Crippen molar-refractivity contribution in [1.82, 2.24) is 0 Å². The second-order valence-corrected chi connectivity index (χ2v) is 4.54. The third-order valence-electron chi connectivity index (χ3n) is 3.08. The number of allylic oxidation sites excluding steroid dienone is 1. The van der Waals surface area contributed by atoms with Gasteiger partial charge in [-0.05, 0) is 35.9 Å². The van der Waals surface area contributed by atoms with Gasteiger partial charge in [0.25, 0.3) is 11.5 Å². The van der Waals surface area contributed by atoms with E-state index in [1.165, 1.54) is 12.1 Å². The predicted octanol–water partition coefficient (Wildman–Crippen LogP) is 2.27. The molecule has 6 heteroatoms. The Morgan fingerprint density at radius 1 is 1.25 bits per heavy atom. The lowest BCUT2D eigenvalue weighted by Gasteiger charge is -2.31. The van der Waals surface area contributed by atoms with Crippen LogP contribution in [0.3, 0.4) is 0 Å². The molecule has 3 rings (SSSR count). The third kappa shape index (κ3) is 2.56. The Kier molecular flexibility index (Phi) is 3.25. The van der Waals surface area contributed by atoms with E-state index in [1.54, 1.807) is 18.2 Å². The van der Waals surface area contributed by atoms with Gasteiger partial charge >= 0.3 is 0 Å². The second kappa shape index (κ2) is 5.07. The number of ether oxygens (including phenoxy) is 3. The van der Waals surface area contributed by atoms with Crippen molar-refractivity contribution < 1.29 is 19.1 Å². The van der Waals surface area contributed by atoms with Crippen LogP contribution >= 0.6 is 0 Å². The van der Waals surface area contributed by atoms with Crippen molar-refractivity contribution in [2.24, 2.45) is 0 Å². The zero-order valence-corrected chi connectivity index (χ0v) is 10.7. The maximum Gasteiger partial charge on any atom is 0.269 e. The van der Waals surface area contributed by atoms with E-state index in [0.717, 1.165) is 5.56 Å². The zero-order valence-electron chi connectivity index (χ0n) is 10.7. The number of non-ortho nitro benzene ring substituents is 1. The van der Waals surface area contributed by atoms with Gasteiger partial charge in [0.05, 0.1) is 18.1 Å².